The molecule has 1 aromatic rings. The summed E-state index contributed by atoms with van der Waals surface area (Å²) in [6.07, 6.45) is 0. The molecule has 0 aliphatic carbocycles. The molecule has 0 bridgehead atoms. The van der Waals surface area contributed by atoms with E-state index >= 15 is 0 Å². The van der Waals surface area contributed by atoms with Crippen LogP contribution in [0.5, 0.6) is 0 Å². The molecule has 0 saturated carbocycles. The fraction of sp³-hybridized carbons (Fsp3) is 0.667. The first-order chi connectivity index (χ1) is 6.13. The Hall–Kier alpha value is -0.870. The minimum Gasteiger partial charge on any atom is -0.444 e. The summed E-state index contributed by atoms with van der Waals surface area (Å²) >= 11 is 0. The Kier molecular flexibility index (Phi) is 3.45. The second kappa shape index (κ2) is 4.39. The lowest BCUT2D eigenvalue weighted by Gasteiger charge is -2.11. The van der Waals surface area contributed by atoms with E-state index in [2.05, 4.69) is 4.98 Å². The highest BCUT2D eigenvalue weighted by atomic mass is 16.4. The van der Waals surface area contributed by atoms with Gasteiger partial charge in [-0.15, -0.1) is 0 Å². The van der Waals surface area contributed by atoms with E-state index in [0.717, 1.165) is 11.5 Å². The number of nitrogens with zero attached hydrogens (tertiary/aromatic N) is 2. The fourth-order valence-electron chi connectivity index (χ4n) is 1.09. The molecule has 0 radical (unpaired) electrons. The summed E-state index contributed by atoms with van der Waals surface area (Å²) in [7, 11) is 1.92. The van der Waals surface area contributed by atoms with E-state index in [4.69, 9.17) is 9.52 Å². The molecule has 0 aliphatic heterocycles. The van der Waals surface area contributed by atoms with Crippen molar-refractivity contribution in [3.05, 3.63) is 17.3 Å². The monoisotopic (exact) mass is 184 g/mol. The van der Waals surface area contributed by atoms with E-state index in [-0.39, 0.29) is 6.61 Å². The summed E-state index contributed by atoms with van der Waals surface area (Å²) in [5, 5.41) is 8.68. The van der Waals surface area contributed by atoms with Crippen molar-refractivity contribution in [1.29, 1.82) is 0 Å². The first kappa shape index (κ1) is 10.2. The van der Waals surface area contributed by atoms with Crippen LogP contribution < -0.4 is 0 Å². The van der Waals surface area contributed by atoms with Crippen molar-refractivity contribution in [3.63, 3.8) is 0 Å². The average molecular weight is 184 g/mol. The average Bonchev–Trinajstić information content (AvgIpc) is 2.31. The number of likely N-dealkylation sites (N-methyl/N-ethyl adjacent to an activating group) is 1. The Labute approximate surface area is 78.2 Å². The summed E-state index contributed by atoms with van der Waals surface area (Å²) in [5.74, 6) is 1.58. The Balaban J connectivity index is 2.53. The van der Waals surface area contributed by atoms with Gasteiger partial charge in [-0.2, -0.15) is 0 Å². The van der Waals surface area contributed by atoms with E-state index < -0.39 is 0 Å². The van der Waals surface area contributed by atoms with E-state index in [1.165, 1.54) is 0 Å². The third-order valence-corrected chi connectivity index (χ3v) is 1.96. The van der Waals surface area contributed by atoms with Crippen LogP contribution >= 0.6 is 0 Å². The van der Waals surface area contributed by atoms with Crippen molar-refractivity contribution in [2.45, 2.75) is 20.4 Å². The van der Waals surface area contributed by atoms with Gasteiger partial charge >= 0.3 is 0 Å². The van der Waals surface area contributed by atoms with E-state index in [9.17, 15) is 0 Å². The standard InChI is InChI=1S/C9H16N2O2/c1-7-8(2)13-9(10-7)6-11(3)4-5-12/h12H,4-6H2,1-3H3. The van der Waals surface area contributed by atoms with Gasteiger partial charge in [0.05, 0.1) is 18.8 Å². The van der Waals surface area contributed by atoms with E-state index in [1.54, 1.807) is 0 Å². The molecule has 1 N–H and O–H groups in total. The molecule has 0 amide bonds. The summed E-state index contributed by atoms with van der Waals surface area (Å²) < 4.78 is 5.40. The van der Waals surface area contributed by atoms with Gasteiger partial charge in [-0.3, -0.25) is 4.90 Å². The number of aryl methyl sites for hydroxylation is 2. The van der Waals surface area contributed by atoms with Crippen LogP contribution in [0.1, 0.15) is 17.3 Å². The highest BCUT2D eigenvalue weighted by Gasteiger charge is 2.07. The normalized spacial score (nSPS) is 11.2. The maximum atomic E-state index is 8.68. The summed E-state index contributed by atoms with van der Waals surface area (Å²) in [6.45, 7) is 5.27. The van der Waals surface area contributed by atoms with Gasteiger partial charge in [0.15, 0.2) is 0 Å². The van der Waals surface area contributed by atoms with Gasteiger partial charge in [-0.25, -0.2) is 4.98 Å². The molecule has 1 aromatic heterocycles. The quantitative estimate of drug-likeness (QED) is 0.749. The molecular weight excluding hydrogens is 168 g/mol. The number of aliphatic hydroxyl groups is 1. The molecule has 4 nitrogen and oxygen atoms in total. The van der Waals surface area contributed by atoms with Crippen LogP contribution in [0.25, 0.3) is 0 Å². The number of hydrogen-bond donors (Lipinski definition) is 1. The maximum absolute atomic E-state index is 8.68. The molecule has 0 fully saturated rings. The molecule has 0 unspecified atom stereocenters. The largest absolute Gasteiger partial charge is 0.444 e. The van der Waals surface area contributed by atoms with E-state index in [0.29, 0.717) is 19.0 Å². The number of hydrogen-bond acceptors (Lipinski definition) is 4. The summed E-state index contributed by atoms with van der Waals surface area (Å²) in [6, 6.07) is 0. The molecule has 1 heterocycles. The van der Waals surface area contributed by atoms with Gasteiger partial charge in [-0.1, -0.05) is 0 Å². The molecule has 0 spiro atoms. The molecule has 13 heavy (non-hydrogen) atoms. The van der Waals surface area contributed by atoms with Crippen molar-refractivity contribution >= 4 is 0 Å². The van der Waals surface area contributed by atoms with Crippen molar-refractivity contribution < 1.29 is 9.52 Å². The van der Waals surface area contributed by atoms with Crippen LogP contribution in [0.4, 0.5) is 0 Å². The van der Waals surface area contributed by atoms with Gasteiger partial charge in [0, 0.05) is 6.54 Å². The van der Waals surface area contributed by atoms with Crippen molar-refractivity contribution in [3.8, 4) is 0 Å². The second-order valence-corrected chi connectivity index (χ2v) is 3.21. The van der Waals surface area contributed by atoms with Crippen LogP contribution in [0.2, 0.25) is 0 Å². The fourth-order valence-corrected chi connectivity index (χ4v) is 1.09. The maximum Gasteiger partial charge on any atom is 0.208 e. The van der Waals surface area contributed by atoms with E-state index in [1.807, 2.05) is 25.8 Å². The minimum atomic E-state index is 0.162. The highest BCUT2D eigenvalue weighted by molar-refractivity contribution is 5.05. The van der Waals surface area contributed by atoms with Crippen molar-refractivity contribution in [2.75, 3.05) is 20.2 Å². The van der Waals surface area contributed by atoms with Crippen LogP contribution in [0.3, 0.4) is 0 Å². The first-order valence-electron chi connectivity index (χ1n) is 4.35. The zero-order chi connectivity index (χ0) is 9.84. The van der Waals surface area contributed by atoms with Crippen LogP contribution in [-0.2, 0) is 6.54 Å². The predicted molar refractivity (Wildman–Crippen MR) is 49.4 cm³/mol. The minimum absolute atomic E-state index is 0.162. The van der Waals surface area contributed by atoms with Crippen LogP contribution in [-0.4, -0.2) is 35.2 Å². The molecule has 0 atom stereocenters. The summed E-state index contributed by atoms with van der Waals surface area (Å²) in [5.41, 5.74) is 0.937. The molecule has 74 valence electrons. The second-order valence-electron chi connectivity index (χ2n) is 3.21. The first-order valence-corrected chi connectivity index (χ1v) is 4.35. The topological polar surface area (TPSA) is 49.5 Å². The Morgan fingerprint density at radius 3 is 2.62 bits per heavy atom. The molecule has 1 rings (SSSR count). The lowest BCUT2D eigenvalue weighted by molar-refractivity contribution is 0.205. The van der Waals surface area contributed by atoms with Gasteiger partial charge in [0.2, 0.25) is 5.89 Å². The lowest BCUT2D eigenvalue weighted by Crippen LogP contribution is -2.21. The zero-order valence-electron chi connectivity index (χ0n) is 8.37. The van der Waals surface area contributed by atoms with Gasteiger partial charge in [0.1, 0.15) is 5.76 Å². The number of aromatic nitrogens is 1. The number of oxazole rings is 1. The van der Waals surface area contributed by atoms with Gasteiger partial charge < -0.3 is 9.52 Å². The van der Waals surface area contributed by atoms with Crippen LogP contribution in [0, 0.1) is 13.8 Å². The molecule has 0 saturated heterocycles. The van der Waals surface area contributed by atoms with Gasteiger partial charge in [0.25, 0.3) is 0 Å². The third kappa shape index (κ3) is 2.82. The number of rotatable bonds is 4. The van der Waals surface area contributed by atoms with Gasteiger partial charge in [-0.05, 0) is 20.9 Å². The molecule has 4 heteroatoms. The SMILES string of the molecule is Cc1nc(CN(C)CCO)oc1C. The van der Waals surface area contributed by atoms with Crippen molar-refractivity contribution in [1.82, 2.24) is 9.88 Å². The predicted octanol–water partition coefficient (Wildman–Crippen LogP) is 0.716. The molecule has 0 aliphatic rings. The lowest BCUT2D eigenvalue weighted by atomic mass is 10.4. The van der Waals surface area contributed by atoms with Crippen molar-refractivity contribution in [2.24, 2.45) is 0 Å². The Morgan fingerprint density at radius 1 is 1.46 bits per heavy atom. The highest BCUT2D eigenvalue weighted by Crippen LogP contribution is 2.09. The van der Waals surface area contributed by atoms with Crippen LogP contribution in [0.15, 0.2) is 4.42 Å². The Bertz CT molecular complexity index is 251. The molecule has 0 aromatic carbocycles. The molecular formula is C9H16N2O2. The smallest absolute Gasteiger partial charge is 0.208 e. The Morgan fingerprint density at radius 2 is 2.15 bits per heavy atom. The third-order valence-electron chi connectivity index (χ3n) is 1.96. The summed E-state index contributed by atoms with van der Waals surface area (Å²) in [4.78, 5) is 6.21. The zero-order valence-corrected chi connectivity index (χ0v) is 8.37. The number of aliphatic hydroxyl groups excluding tert-OH is 1.